The van der Waals surface area contributed by atoms with Gasteiger partial charge in [0, 0.05) is 18.8 Å². The fourth-order valence-corrected chi connectivity index (χ4v) is 5.29. The van der Waals surface area contributed by atoms with Crippen LogP contribution in [0.4, 0.5) is 5.69 Å². The van der Waals surface area contributed by atoms with Crippen molar-refractivity contribution in [1.82, 2.24) is 4.31 Å². The monoisotopic (exact) mass is 426 g/mol. The molecule has 1 N–H and O–H groups in total. The minimum Gasteiger partial charge on any atom is -0.322 e. The van der Waals surface area contributed by atoms with E-state index in [4.69, 9.17) is 23.2 Å². The summed E-state index contributed by atoms with van der Waals surface area (Å²) in [6, 6.07) is 11.4. The molecule has 0 aromatic heterocycles. The maximum absolute atomic E-state index is 13.0. The number of hydrogen-bond donors (Lipinski definition) is 1. The molecule has 1 saturated heterocycles. The van der Waals surface area contributed by atoms with Gasteiger partial charge in [-0.15, -0.1) is 0 Å². The number of sulfonamides is 1. The highest BCUT2D eigenvalue weighted by atomic mass is 35.5. The topological polar surface area (TPSA) is 66.5 Å². The molecule has 2 aromatic carbocycles. The molecule has 5 nitrogen and oxygen atoms in total. The molecule has 0 saturated carbocycles. The second kappa shape index (κ2) is 8.19. The highest BCUT2D eigenvalue weighted by Crippen LogP contribution is 2.32. The largest absolute Gasteiger partial charge is 0.322 e. The summed E-state index contributed by atoms with van der Waals surface area (Å²) in [5, 5.41) is 2.81. The predicted octanol–water partition coefficient (Wildman–Crippen LogP) is 4.67. The van der Waals surface area contributed by atoms with Crippen LogP contribution >= 0.6 is 23.2 Å². The van der Waals surface area contributed by atoms with Gasteiger partial charge in [-0.3, -0.25) is 4.79 Å². The van der Waals surface area contributed by atoms with Crippen LogP contribution < -0.4 is 5.32 Å². The number of carbonyl (C=O) groups is 1. The highest BCUT2D eigenvalue weighted by Gasteiger charge is 2.31. The Morgan fingerprint density at radius 1 is 1.07 bits per heavy atom. The number of halogens is 2. The van der Waals surface area contributed by atoms with Crippen LogP contribution in [0.2, 0.25) is 10.0 Å². The minimum atomic E-state index is -3.80. The zero-order valence-corrected chi connectivity index (χ0v) is 17.1. The van der Waals surface area contributed by atoms with Crippen molar-refractivity contribution in [3.63, 3.8) is 0 Å². The van der Waals surface area contributed by atoms with E-state index in [9.17, 15) is 13.2 Å². The summed E-state index contributed by atoms with van der Waals surface area (Å²) >= 11 is 12.3. The van der Waals surface area contributed by atoms with Crippen molar-refractivity contribution in [2.45, 2.75) is 24.7 Å². The average molecular weight is 427 g/mol. The smallest absolute Gasteiger partial charge is 0.257 e. The number of hydrogen-bond acceptors (Lipinski definition) is 3. The Kier molecular flexibility index (Phi) is 6.11. The molecule has 3 rings (SSSR count). The van der Waals surface area contributed by atoms with Gasteiger partial charge in [-0.05, 0) is 43.0 Å². The molecule has 0 spiro atoms. The lowest BCUT2D eigenvalue weighted by molar-refractivity contribution is 0.102. The number of piperidine rings is 1. The van der Waals surface area contributed by atoms with Crippen LogP contribution in [0, 0.1) is 5.92 Å². The van der Waals surface area contributed by atoms with Gasteiger partial charge < -0.3 is 5.32 Å². The third-order valence-electron chi connectivity index (χ3n) is 4.66. The molecule has 0 atom stereocenters. The van der Waals surface area contributed by atoms with Gasteiger partial charge in [0.25, 0.3) is 5.91 Å². The molecule has 27 heavy (non-hydrogen) atoms. The molecule has 0 unspecified atom stereocenters. The average Bonchev–Trinajstić information content (AvgIpc) is 2.62. The molecule has 1 aliphatic heterocycles. The summed E-state index contributed by atoms with van der Waals surface area (Å²) in [4.78, 5) is 12.5. The maximum atomic E-state index is 13.0. The maximum Gasteiger partial charge on any atom is 0.257 e. The Morgan fingerprint density at radius 3 is 2.33 bits per heavy atom. The molecule has 1 amide bonds. The van der Waals surface area contributed by atoms with Gasteiger partial charge in [-0.25, -0.2) is 8.42 Å². The molecule has 8 heteroatoms. The lowest BCUT2D eigenvalue weighted by Crippen LogP contribution is -2.38. The number of carbonyl (C=O) groups excluding carboxylic acids is 1. The molecule has 1 heterocycles. The van der Waals surface area contributed by atoms with E-state index in [1.165, 1.54) is 16.4 Å². The fourth-order valence-electron chi connectivity index (χ4n) is 2.99. The number of para-hydroxylation sites is 1. The van der Waals surface area contributed by atoms with Gasteiger partial charge in [0.15, 0.2) is 0 Å². The third-order valence-corrected chi connectivity index (χ3v) is 7.33. The van der Waals surface area contributed by atoms with E-state index in [2.05, 4.69) is 12.2 Å². The summed E-state index contributed by atoms with van der Waals surface area (Å²) in [5.74, 6) is -0.00376. The van der Waals surface area contributed by atoms with Crippen LogP contribution in [-0.2, 0) is 10.0 Å². The van der Waals surface area contributed by atoms with Gasteiger partial charge in [-0.2, -0.15) is 4.31 Å². The first-order valence-electron chi connectivity index (χ1n) is 8.64. The minimum absolute atomic E-state index is 0.00915. The molecule has 2 aromatic rings. The van der Waals surface area contributed by atoms with Gasteiger partial charge in [-0.1, -0.05) is 48.3 Å². The van der Waals surface area contributed by atoms with E-state index >= 15 is 0 Å². The van der Waals surface area contributed by atoms with Crippen LogP contribution in [0.15, 0.2) is 47.4 Å². The van der Waals surface area contributed by atoms with Crippen LogP contribution in [0.25, 0.3) is 0 Å². The molecule has 144 valence electrons. The molecule has 1 fully saturated rings. The molecule has 0 bridgehead atoms. The van der Waals surface area contributed by atoms with E-state index in [1.54, 1.807) is 24.3 Å². The summed E-state index contributed by atoms with van der Waals surface area (Å²) in [6.07, 6.45) is 1.59. The summed E-state index contributed by atoms with van der Waals surface area (Å²) < 4.78 is 27.5. The first kappa shape index (κ1) is 20.1. The first-order chi connectivity index (χ1) is 12.8. The van der Waals surface area contributed by atoms with Crippen LogP contribution in [0.3, 0.4) is 0 Å². The lowest BCUT2D eigenvalue weighted by atomic mass is 10.0. The van der Waals surface area contributed by atoms with Crippen molar-refractivity contribution in [3.05, 3.63) is 58.1 Å². The Morgan fingerprint density at radius 2 is 1.70 bits per heavy atom. The number of nitrogens with zero attached hydrogens (tertiary/aromatic N) is 1. The number of amides is 1. The second-order valence-electron chi connectivity index (χ2n) is 6.67. The molecular formula is C19H20Cl2N2O3S. The number of nitrogens with one attached hydrogen (secondary N) is 1. The van der Waals surface area contributed by atoms with E-state index < -0.39 is 15.9 Å². The third kappa shape index (κ3) is 4.46. The summed E-state index contributed by atoms with van der Waals surface area (Å²) in [6.45, 7) is 2.98. The van der Waals surface area contributed by atoms with E-state index in [1.807, 2.05) is 6.07 Å². The Hall–Kier alpha value is -1.60. The van der Waals surface area contributed by atoms with Crippen molar-refractivity contribution in [1.29, 1.82) is 0 Å². The highest BCUT2D eigenvalue weighted by molar-refractivity contribution is 7.89. The van der Waals surface area contributed by atoms with Crippen molar-refractivity contribution in [2.75, 3.05) is 18.4 Å². The first-order valence-corrected chi connectivity index (χ1v) is 10.8. The van der Waals surface area contributed by atoms with Gasteiger partial charge >= 0.3 is 0 Å². The van der Waals surface area contributed by atoms with E-state index in [-0.39, 0.29) is 20.5 Å². The normalized spacial score (nSPS) is 16.3. The van der Waals surface area contributed by atoms with Crippen molar-refractivity contribution < 1.29 is 13.2 Å². The van der Waals surface area contributed by atoms with E-state index in [0.29, 0.717) is 24.7 Å². The van der Waals surface area contributed by atoms with E-state index in [0.717, 1.165) is 12.8 Å². The zero-order chi connectivity index (χ0) is 19.6. The number of benzene rings is 2. The van der Waals surface area contributed by atoms with Crippen LogP contribution in [0.1, 0.15) is 30.1 Å². The van der Waals surface area contributed by atoms with Gasteiger partial charge in [0.1, 0.15) is 4.90 Å². The SMILES string of the molecule is CC1CCN(S(=O)(=O)c2cc(C(=O)Nc3ccccc3)c(Cl)cc2Cl)CC1. The molecule has 1 aliphatic rings. The molecule has 0 aliphatic carbocycles. The quantitative estimate of drug-likeness (QED) is 0.772. The molecular weight excluding hydrogens is 407 g/mol. The zero-order valence-electron chi connectivity index (χ0n) is 14.8. The summed E-state index contributed by atoms with van der Waals surface area (Å²) in [5.41, 5.74) is 0.650. The predicted molar refractivity (Wildman–Crippen MR) is 108 cm³/mol. The second-order valence-corrected chi connectivity index (χ2v) is 9.39. The van der Waals surface area contributed by atoms with Crippen molar-refractivity contribution in [3.8, 4) is 0 Å². The Bertz CT molecular complexity index is 941. The Labute approximate surface area is 169 Å². The van der Waals surface area contributed by atoms with Gasteiger partial charge in [0.05, 0.1) is 15.6 Å². The van der Waals surface area contributed by atoms with Crippen molar-refractivity contribution in [2.24, 2.45) is 5.92 Å². The van der Waals surface area contributed by atoms with Crippen LogP contribution in [-0.4, -0.2) is 31.7 Å². The van der Waals surface area contributed by atoms with Crippen LogP contribution in [0.5, 0.6) is 0 Å². The standard InChI is InChI=1S/C19H20Cl2N2O3S/c1-13-7-9-23(10-8-13)27(25,26)18-11-15(16(20)12-17(18)21)19(24)22-14-5-3-2-4-6-14/h2-6,11-13H,7-10H2,1H3,(H,22,24). The lowest BCUT2D eigenvalue weighted by Gasteiger charge is -2.29. The fraction of sp³-hybridized carbons (Fsp3) is 0.316. The number of rotatable bonds is 4. The summed E-state index contributed by atoms with van der Waals surface area (Å²) in [7, 11) is -3.80. The number of anilines is 1. The van der Waals surface area contributed by atoms with Gasteiger partial charge in [0.2, 0.25) is 10.0 Å². The van der Waals surface area contributed by atoms with Crippen molar-refractivity contribution >= 4 is 44.8 Å². The Balaban J connectivity index is 1.93. The molecule has 0 radical (unpaired) electrons.